The van der Waals surface area contributed by atoms with Gasteiger partial charge < -0.3 is 0 Å². The highest BCUT2D eigenvalue weighted by molar-refractivity contribution is 5.71. The smallest absolute Gasteiger partial charge is 0.187 e. The van der Waals surface area contributed by atoms with Crippen LogP contribution in [-0.2, 0) is 0 Å². The molecule has 0 N–H and O–H groups in total. The highest BCUT2D eigenvalue weighted by Gasteiger charge is 2.13. The molecule has 0 aliphatic heterocycles. The van der Waals surface area contributed by atoms with Gasteiger partial charge in [0.25, 0.3) is 0 Å². The first-order valence-electron chi connectivity index (χ1n) is 8.85. The molecule has 1 heterocycles. The third-order valence-electron chi connectivity index (χ3n) is 4.71. The average molecular weight is 349 g/mol. The van der Waals surface area contributed by atoms with Crippen LogP contribution in [0.4, 0.5) is 5.69 Å². The van der Waals surface area contributed by atoms with Gasteiger partial charge in [-0.05, 0) is 54.3 Å². The molecule has 3 aromatic carbocycles. The third kappa shape index (κ3) is 3.14. The van der Waals surface area contributed by atoms with E-state index < -0.39 is 0 Å². The number of aromatic nitrogens is 2. The molecule has 27 heavy (non-hydrogen) atoms. The summed E-state index contributed by atoms with van der Waals surface area (Å²) < 4.78 is 2.11. The Bertz CT molecular complexity index is 1120. The Balaban J connectivity index is 1.84. The molecule has 0 aliphatic carbocycles. The number of imidazole rings is 1. The van der Waals surface area contributed by atoms with Gasteiger partial charge in [0.2, 0.25) is 0 Å². The minimum atomic E-state index is 0.620. The van der Waals surface area contributed by atoms with Gasteiger partial charge in [-0.1, -0.05) is 48.5 Å². The van der Waals surface area contributed by atoms with Gasteiger partial charge in [-0.15, -0.1) is 0 Å². The Hall–Kier alpha value is -3.64. The van der Waals surface area contributed by atoms with Crippen LogP contribution in [0.3, 0.4) is 0 Å². The van der Waals surface area contributed by atoms with Crippen LogP contribution < -0.4 is 0 Å². The first-order valence-corrected chi connectivity index (χ1v) is 8.85. The molecule has 0 atom stereocenters. The second-order valence-corrected chi connectivity index (χ2v) is 6.61. The number of rotatable bonds is 3. The van der Waals surface area contributed by atoms with E-state index in [0.717, 1.165) is 17.1 Å². The number of nitrogens with zero attached hydrogens (tertiary/aromatic N) is 3. The van der Waals surface area contributed by atoms with Crippen LogP contribution in [0.15, 0.2) is 79.1 Å². The van der Waals surface area contributed by atoms with Gasteiger partial charge in [-0.25, -0.2) is 9.83 Å². The molecule has 0 amide bonds. The van der Waals surface area contributed by atoms with E-state index in [1.165, 1.54) is 22.3 Å². The number of hydrogen-bond acceptors (Lipinski definition) is 1. The van der Waals surface area contributed by atoms with Crippen LogP contribution in [0.1, 0.15) is 11.1 Å². The van der Waals surface area contributed by atoms with Crippen molar-refractivity contribution >= 4 is 5.69 Å². The molecule has 0 fully saturated rings. The second-order valence-electron chi connectivity index (χ2n) is 6.61. The maximum absolute atomic E-state index is 7.25. The van der Waals surface area contributed by atoms with Crippen molar-refractivity contribution < 1.29 is 0 Å². The lowest BCUT2D eigenvalue weighted by Crippen LogP contribution is -2.02. The van der Waals surface area contributed by atoms with E-state index in [2.05, 4.69) is 64.6 Å². The fraction of sp³-hybridized carbons (Fsp3) is 0.0833. The Kier molecular flexibility index (Phi) is 4.32. The predicted octanol–water partition coefficient (Wildman–Crippen LogP) is 6.37. The number of benzene rings is 3. The molecule has 0 saturated heterocycles. The summed E-state index contributed by atoms with van der Waals surface area (Å²) in [4.78, 5) is 8.10. The summed E-state index contributed by atoms with van der Waals surface area (Å²) in [6.07, 6.45) is 3.79. The Morgan fingerprint density at radius 2 is 1.52 bits per heavy atom. The lowest BCUT2D eigenvalue weighted by Gasteiger charge is -2.16. The number of aryl methyl sites for hydroxylation is 2. The zero-order valence-corrected chi connectivity index (χ0v) is 15.3. The second kappa shape index (κ2) is 6.93. The van der Waals surface area contributed by atoms with Crippen LogP contribution in [0, 0.1) is 20.4 Å². The SMILES string of the molecule is [C-]#[N+]c1cccc(-c2nccn2-c2c(C)cc(-c3ccccc3)cc2C)c1. The van der Waals surface area contributed by atoms with Gasteiger partial charge in [-0.3, -0.25) is 4.57 Å². The van der Waals surface area contributed by atoms with Gasteiger partial charge >= 0.3 is 0 Å². The van der Waals surface area contributed by atoms with Crippen molar-refractivity contribution in [2.24, 2.45) is 0 Å². The molecule has 0 radical (unpaired) electrons. The quantitative estimate of drug-likeness (QED) is 0.394. The monoisotopic (exact) mass is 349 g/mol. The van der Waals surface area contributed by atoms with Crippen LogP contribution in [-0.4, -0.2) is 9.55 Å². The molecule has 130 valence electrons. The van der Waals surface area contributed by atoms with Crippen molar-refractivity contribution in [2.75, 3.05) is 0 Å². The average Bonchev–Trinajstić information content (AvgIpc) is 3.17. The summed E-state index contributed by atoms with van der Waals surface area (Å²) in [7, 11) is 0. The molecule has 0 unspecified atom stereocenters. The fourth-order valence-electron chi connectivity index (χ4n) is 3.55. The van der Waals surface area contributed by atoms with Crippen LogP contribution >= 0.6 is 0 Å². The summed E-state index contributed by atoms with van der Waals surface area (Å²) in [6.45, 7) is 11.5. The summed E-state index contributed by atoms with van der Waals surface area (Å²) in [5.41, 5.74) is 7.51. The molecule has 0 bridgehead atoms. The van der Waals surface area contributed by atoms with Gasteiger partial charge in [0, 0.05) is 18.0 Å². The molecule has 0 spiro atoms. The Morgan fingerprint density at radius 3 is 2.22 bits per heavy atom. The predicted molar refractivity (Wildman–Crippen MR) is 110 cm³/mol. The molecular formula is C24H19N3. The van der Waals surface area contributed by atoms with Gasteiger partial charge in [0.05, 0.1) is 12.3 Å². The van der Waals surface area contributed by atoms with E-state index in [0.29, 0.717) is 5.69 Å². The lowest BCUT2D eigenvalue weighted by atomic mass is 9.98. The topological polar surface area (TPSA) is 22.2 Å². The summed E-state index contributed by atoms with van der Waals surface area (Å²) in [5.74, 6) is 0.846. The number of hydrogen-bond donors (Lipinski definition) is 0. The van der Waals surface area contributed by atoms with Gasteiger partial charge in [-0.2, -0.15) is 0 Å². The van der Waals surface area contributed by atoms with Crippen molar-refractivity contribution in [3.8, 4) is 28.2 Å². The first-order chi connectivity index (χ1) is 13.2. The summed E-state index contributed by atoms with van der Waals surface area (Å²) in [6, 6.07) is 22.5. The lowest BCUT2D eigenvalue weighted by molar-refractivity contribution is 1.03. The van der Waals surface area contributed by atoms with Crippen LogP contribution in [0.5, 0.6) is 0 Å². The van der Waals surface area contributed by atoms with E-state index in [-0.39, 0.29) is 0 Å². The fourth-order valence-corrected chi connectivity index (χ4v) is 3.55. The van der Waals surface area contributed by atoms with E-state index in [9.17, 15) is 0 Å². The summed E-state index contributed by atoms with van der Waals surface area (Å²) in [5, 5.41) is 0. The Labute approximate surface area is 159 Å². The minimum Gasteiger partial charge on any atom is -0.299 e. The molecule has 3 nitrogen and oxygen atoms in total. The molecule has 4 rings (SSSR count). The minimum absolute atomic E-state index is 0.620. The van der Waals surface area contributed by atoms with Crippen molar-refractivity contribution in [3.05, 3.63) is 102 Å². The van der Waals surface area contributed by atoms with E-state index in [1.54, 1.807) is 0 Å². The Morgan fingerprint density at radius 1 is 0.815 bits per heavy atom. The normalized spacial score (nSPS) is 10.6. The maximum Gasteiger partial charge on any atom is 0.187 e. The summed E-state index contributed by atoms with van der Waals surface area (Å²) >= 11 is 0. The van der Waals surface area contributed by atoms with E-state index in [4.69, 9.17) is 6.57 Å². The maximum atomic E-state index is 7.25. The largest absolute Gasteiger partial charge is 0.299 e. The third-order valence-corrected chi connectivity index (χ3v) is 4.71. The first kappa shape index (κ1) is 16.8. The van der Waals surface area contributed by atoms with E-state index in [1.807, 2.05) is 42.7 Å². The molecule has 1 aromatic heterocycles. The molecule has 4 aromatic rings. The van der Waals surface area contributed by atoms with Gasteiger partial charge in [0.1, 0.15) is 5.82 Å². The van der Waals surface area contributed by atoms with Crippen LogP contribution in [0.25, 0.3) is 33.0 Å². The zero-order valence-electron chi connectivity index (χ0n) is 15.3. The highest BCUT2D eigenvalue weighted by Crippen LogP contribution is 2.31. The highest BCUT2D eigenvalue weighted by atomic mass is 15.1. The standard InChI is InChI=1S/C24H19N3/c1-17-14-21(19-8-5-4-6-9-19)15-18(2)23(17)27-13-12-26-24(27)20-10-7-11-22(16-20)25-3/h4-16H,1-2H3. The zero-order chi connectivity index (χ0) is 18.8. The van der Waals surface area contributed by atoms with Crippen molar-refractivity contribution in [2.45, 2.75) is 13.8 Å². The molecule has 0 saturated carbocycles. The van der Waals surface area contributed by atoms with Crippen molar-refractivity contribution in [1.82, 2.24) is 9.55 Å². The van der Waals surface area contributed by atoms with E-state index >= 15 is 0 Å². The molecule has 0 aliphatic rings. The molecular weight excluding hydrogens is 330 g/mol. The van der Waals surface area contributed by atoms with Crippen molar-refractivity contribution in [3.63, 3.8) is 0 Å². The molecule has 3 heteroatoms. The van der Waals surface area contributed by atoms with Gasteiger partial charge in [0.15, 0.2) is 5.69 Å². The van der Waals surface area contributed by atoms with Crippen LogP contribution in [0.2, 0.25) is 0 Å². The van der Waals surface area contributed by atoms with Crippen molar-refractivity contribution in [1.29, 1.82) is 0 Å².